The molecule has 0 saturated heterocycles. The first-order valence-electron chi connectivity index (χ1n) is 17.8. The van der Waals surface area contributed by atoms with Crippen molar-refractivity contribution >= 4 is 32.7 Å². The highest BCUT2D eigenvalue weighted by Crippen LogP contribution is 2.52. The standard InChI is InChI=1S/C49H31N3/c1-2-13-37-36(12-1)38-14-3-4-17-42(38)48-47-41(37)18-11-22-46(47)52(49(48)43-19-9-10-31-50-43)35-29-25-33(26-30-35)32-23-27-34(28-24-32)51-44-20-7-5-15-39(44)40-16-6-8-21-45(40)51/h1-31H. The van der Waals surface area contributed by atoms with Crippen molar-refractivity contribution in [1.29, 1.82) is 0 Å². The van der Waals surface area contributed by atoms with Gasteiger partial charge in [0.25, 0.3) is 0 Å². The van der Waals surface area contributed by atoms with E-state index in [9.17, 15) is 0 Å². The number of fused-ring (bicyclic) bond motifs is 8. The van der Waals surface area contributed by atoms with Crippen LogP contribution in [0.2, 0.25) is 0 Å². The van der Waals surface area contributed by atoms with Crippen LogP contribution < -0.4 is 0 Å². The van der Waals surface area contributed by atoms with E-state index < -0.39 is 0 Å². The maximum atomic E-state index is 4.95. The van der Waals surface area contributed by atoms with Gasteiger partial charge in [-0.05, 0) is 93.5 Å². The van der Waals surface area contributed by atoms with Gasteiger partial charge in [0.05, 0.1) is 27.9 Å². The quantitative estimate of drug-likeness (QED) is 0.184. The maximum absolute atomic E-state index is 4.95. The van der Waals surface area contributed by atoms with Crippen molar-refractivity contribution in [3.63, 3.8) is 0 Å². The lowest BCUT2D eigenvalue weighted by molar-refractivity contribution is 1.12. The predicted molar refractivity (Wildman–Crippen MR) is 216 cm³/mol. The zero-order valence-electron chi connectivity index (χ0n) is 28.2. The Hall–Kier alpha value is -6.97. The maximum Gasteiger partial charge on any atom is 0.0876 e. The third kappa shape index (κ3) is 4.17. The highest BCUT2D eigenvalue weighted by atomic mass is 15.0. The second-order valence-electron chi connectivity index (χ2n) is 13.5. The lowest BCUT2D eigenvalue weighted by Gasteiger charge is -2.16. The third-order valence-corrected chi connectivity index (χ3v) is 10.8. The molecule has 0 saturated carbocycles. The molecular formula is C49H31N3. The first-order valence-corrected chi connectivity index (χ1v) is 17.8. The van der Waals surface area contributed by atoms with Crippen LogP contribution in [-0.4, -0.2) is 14.1 Å². The van der Waals surface area contributed by atoms with E-state index in [-0.39, 0.29) is 0 Å². The number of hydrogen-bond acceptors (Lipinski definition) is 1. The average Bonchev–Trinajstić information content (AvgIpc) is 3.71. The Balaban J connectivity index is 1.07. The zero-order valence-corrected chi connectivity index (χ0v) is 28.2. The SMILES string of the molecule is c1ccc(-c2c3c4c(cccc4n2-c2ccc(-c4ccc(-n5c6ccccc6c6ccccc65)cc4)cc2)-c2ccccc2-c2ccccc2-3)nc1. The molecule has 0 N–H and O–H groups in total. The summed E-state index contributed by atoms with van der Waals surface area (Å²) >= 11 is 0. The summed E-state index contributed by atoms with van der Waals surface area (Å²) in [5.41, 5.74) is 17.7. The van der Waals surface area contributed by atoms with Gasteiger partial charge in [-0.1, -0.05) is 127 Å². The second-order valence-corrected chi connectivity index (χ2v) is 13.5. The van der Waals surface area contributed by atoms with Crippen LogP contribution >= 0.6 is 0 Å². The Morgan fingerprint density at radius 2 is 0.827 bits per heavy atom. The molecule has 1 aliphatic rings. The van der Waals surface area contributed by atoms with Crippen molar-refractivity contribution in [1.82, 2.24) is 14.1 Å². The summed E-state index contributed by atoms with van der Waals surface area (Å²) in [5, 5.41) is 3.80. The fourth-order valence-corrected chi connectivity index (χ4v) is 8.54. The Kier molecular flexibility index (Phi) is 6.25. The molecule has 0 spiro atoms. The van der Waals surface area contributed by atoms with E-state index in [1.165, 1.54) is 77.2 Å². The smallest absolute Gasteiger partial charge is 0.0876 e. The lowest BCUT2D eigenvalue weighted by Crippen LogP contribution is -1.99. The van der Waals surface area contributed by atoms with Gasteiger partial charge >= 0.3 is 0 Å². The monoisotopic (exact) mass is 661 g/mol. The normalized spacial score (nSPS) is 11.8. The van der Waals surface area contributed by atoms with Crippen LogP contribution in [0.15, 0.2) is 188 Å². The summed E-state index contributed by atoms with van der Waals surface area (Å²) in [6.07, 6.45) is 1.90. The molecule has 242 valence electrons. The van der Waals surface area contributed by atoms with Crippen molar-refractivity contribution in [2.75, 3.05) is 0 Å². The average molecular weight is 662 g/mol. The predicted octanol–water partition coefficient (Wildman–Crippen LogP) is 12.8. The molecule has 3 heterocycles. The van der Waals surface area contributed by atoms with E-state index in [0.29, 0.717) is 0 Å². The lowest BCUT2D eigenvalue weighted by atomic mass is 9.93. The largest absolute Gasteiger partial charge is 0.309 e. The van der Waals surface area contributed by atoms with E-state index in [0.717, 1.165) is 22.8 Å². The van der Waals surface area contributed by atoms with Gasteiger partial charge in [0.1, 0.15) is 0 Å². The van der Waals surface area contributed by atoms with E-state index in [1.54, 1.807) is 0 Å². The summed E-state index contributed by atoms with van der Waals surface area (Å²) in [6, 6.07) is 65.8. The van der Waals surface area contributed by atoms with Crippen LogP contribution in [0.5, 0.6) is 0 Å². The molecule has 0 aliphatic heterocycles. The summed E-state index contributed by atoms with van der Waals surface area (Å²) in [5.74, 6) is 0. The number of pyridine rings is 1. The summed E-state index contributed by atoms with van der Waals surface area (Å²) < 4.78 is 4.78. The molecule has 1 aliphatic carbocycles. The van der Waals surface area contributed by atoms with Gasteiger partial charge in [0.2, 0.25) is 0 Å². The molecule has 0 fully saturated rings. The van der Waals surface area contributed by atoms with Crippen molar-refractivity contribution < 1.29 is 0 Å². The summed E-state index contributed by atoms with van der Waals surface area (Å²) in [7, 11) is 0. The number of aromatic nitrogens is 3. The van der Waals surface area contributed by atoms with Gasteiger partial charge in [-0.2, -0.15) is 0 Å². The van der Waals surface area contributed by atoms with Crippen LogP contribution in [-0.2, 0) is 0 Å². The number of hydrogen-bond donors (Lipinski definition) is 0. The number of nitrogens with zero attached hydrogens (tertiary/aromatic N) is 3. The number of benzene rings is 7. The second kappa shape index (κ2) is 11.3. The van der Waals surface area contributed by atoms with Crippen molar-refractivity contribution in [2.45, 2.75) is 0 Å². The molecule has 0 atom stereocenters. The molecule has 0 radical (unpaired) electrons. The first-order chi connectivity index (χ1) is 25.8. The van der Waals surface area contributed by atoms with Crippen LogP contribution in [0.25, 0.3) is 100.0 Å². The third-order valence-electron chi connectivity index (χ3n) is 10.8. The van der Waals surface area contributed by atoms with Gasteiger partial charge in [-0.15, -0.1) is 0 Å². The van der Waals surface area contributed by atoms with Crippen molar-refractivity contribution in [3.8, 4) is 67.3 Å². The Bertz CT molecular complexity index is 2930. The number of para-hydroxylation sites is 2. The molecule has 3 nitrogen and oxygen atoms in total. The molecule has 10 aromatic rings. The van der Waals surface area contributed by atoms with Gasteiger partial charge in [0.15, 0.2) is 0 Å². The highest BCUT2D eigenvalue weighted by Gasteiger charge is 2.29. The molecule has 3 heteroatoms. The van der Waals surface area contributed by atoms with E-state index >= 15 is 0 Å². The van der Waals surface area contributed by atoms with Gasteiger partial charge in [-0.25, -0.2) is 0 Å². The molecule has 3 aromatic heterocycles. The van der Waals surface area contributed by atoms with Gasteiger partial charge in [0, 0.05) is 39.3 Å². The van der Waals surface area contributed by atoms with Crippen LogP contribution in [0, 0.1) is 0 Å². The topological polar surface area (TPSA) is 22.8 Å². The fraction of sp³-hybridized carbons (Fsp3) is 0. The first kappa shape index (κ1) is 28.8. The van der Waals surface area contributed by atoms with Crippen LogP contribution in [0.4, 0.5) is 0 Å². The van der Waals surface area contributed by atoms with Crippen LogP contribution in [0.3, 0.4) is 0 Å². The van der Waals surface area contributed by atoms with E-state index in [2.05, 4.69) is 185 Å². The molecular weight excluding hydrogens is 631 g/mol. The van der Waals surface area contributed by atoms with Crippen LogP contribution in [0.1, 0.15) is 0 Å². The minimum Gasteiger partial charge on any atom is -0.309 e. The highest BCUT2D eigenvalue weighted by molar-refractivity contribution is 6.17. The Labute approximate surface area is 301 Å². The molecule has 52 heavy (non-hydrogen) atoms. The van der Waals surface area contributed by atoms with Crippen molar-refractivity contribution in [3.05, 3.63) is 188 Å². The molecule has 0 unspecified atom stereocenters. The number of rotatable bonds is 4. The molecule has 11 rings (SSSR count). The summed E-state index contributed by atoms with van der Waals surface area (Å²) in [4.78, 5) is 4.95. The minimum atomic E-state index is 0.949. The summed E-state index contributed by atoms with van der Waals surface area (Å²) in [6.45, 7) is 0. The minimum absolute atomic E-state index is 0.949. The van der Waals surface area contributed by atoms with E-state index in [4.69, 9.17) is 4.98 Å². The fourth-order valence-electron chi connectivity index (χ4n) is 8.54. The van der Waals surface area contributed by atoms with Gasteiger partial charge < -0.3 is 9.13 Å². The van der Waals surface area contributed by atoms with E-state index in [1.807, 2.05) is 12.3 Å². The molecule has 0 amide bonds. The zero-order chi connectivity index (χ0) is 34.2. The van der Waals surface area contributed by atoms with Crippen molar-refractivity contribution in [2.24, 2.45) is 0 Å². The Morgan fingerprint density at radius 3 is 1.44 bits per heavy atom. The molecule has 0 bridgehead atoms. The molecule has 7 aromatic carbocycles. The van der Waals surface area contributed by atoms with Gasteiger partial charge in [-0.3, -0.25) is 4.98 Å². The Morgan fingerprint density at radius 1 is 0.346 bits per heavy atom.